The highest BCUT2D eigenvalue weighted by Crippen LogP contribution is 2.52. The van der Waals surface area contributed by atoms with Crippen LogP contribution in [0.2, 0.25) is 0 Å². The van der Waals surface area contributed by atoms with Gasteiger partial charge in [0.1, 0.15) is 0 Å². The van der Waals surface area contributed by atoms with Crippen LogP contribution in [-0.4, -0.2) is 4.57 Å². The van der Waals surface area contributed by atoms with E-state index in [9.17, 15) is 0 Å². The van der Waals surface area contributed by atoms with Gasteiger partial charge in [-0.25, -0.2) is 0 Å². The quantitative estimate of drug-likeness (QED) is 0.563. The Hall–Kier alpha value is -1.93. The summed E-state index contributed by atoms with van der Waals surface area (Å²) in [5.74, 6) is 0.570. The number of nitrogens with zero attached hydrogens (tertiary/aromatic N) is 1. The lowest BCUT2D eigenvalue weighted by molar-refractivity contribution is 0.742. The van der Waals surface area contributed by atoms with E-state index in [1.165, 1.54) is 27.4 Å². The smallest absolute Gasteiger partial charge is 0.0831 e. The second-order valence-electron chi connectivity index (χ2n) is 6.64. The summed E-state index contributed by atoms with van der Waals surface area (Å²) in [6, 6.07) is 22.2. The van der Waals surface area contributed by atoms with Crippen molar-refractivity contribution in [1.82, 2.24) is 4.57 Å². The molecule has 0 radical (unpaired) electrons. The highest BCUT2D eigenvalue weighted by atomic mass is 32.2. The third kappa shape index (κ3) is 2.24. The van der Waals surface area contributed by atoms with Crippen molar-refractivity contribution in [2.24, 2.45) is 0 Å². The van der Waals surface area contributed by atoms with Gasteiger partial charge in [0.15, 0.2) is 0 Å². The molecule has 1 nitrogen and oxygen atoms in total. The van der Waals surface area contributed by atoms with Crippen molar-refractivity contribution in [2.75, 3.05) is 0 Å². The predicted molar refractivity (Wildman–Crippen MR) is 98.6 cm³/mol. The molecule has 0 aliphatic carbocycles. The van der Waals surface area contributed by atoms with Crippen molar-refractivity contribution in [2.45, 2.75) is 36.3 Å². The van der Waals surface area contributed by atoms with E-state index >= 15 is 0 Å². The highest BCUT2D eigenvalue weighted by Gasteiger charge is 2.37. The number of hydrogen-bond donors (Lipinski definition) is 0. The van der Waals surface area contributed by atoms with Gasteiger partial charge in [-0.15, -0.1) is 11.8 Å². The molecule has 2 heterocycles. The van der Waals surface area contributed by atoms with Crippen molar-refractivity contribution < 1.29 is 0 Å². The van der Waals surface area contributed by atoms with Gasteiger partial charge in [0, 0.05) is 16.8 Å². The first-order valence-electron chi connectivity index (χ1n) is 8.16. The lowest BCUT2D eigenvalue weighted by Gasteiger charge is -2.36. The van der Waals surface area contributed by atoms with Gasteiger partial charge in [0.25, 0.3) is 0 Å². The van der Waals surface area contributed by atoms with Crippen LogP contribution in [0.4, 0.5) is 0 Å². The zero-order valence-electron chi connectivity index (χ0n) is 13.8. The predicted octanol–water partition coefficient (Wildman–Crippen LogP) is 5.97. The number of para-hydroxylation sites is 1. The molecule has 0 bridgehead atoms. The van der Waals surface area contributed by atoms with Gasteiger partial charge in [0.05, 0.1) is 10.4 Å². The maximum absolute atomic E-state index is 2.34. The molecule has 2 heteroatoms. The Labute approximate surface area is 142 Å². The summed E-state index contributed by atoms with van der Waals surface area (Å²) < 4.78 is 2.27. The number of hydrogen-bond acceptors (Lipinski definition) is 1. The monoisotopic (exact) mass is 319 g/mol. The molecule has 1 aliphatic rings. The second kappa shape index (κ2) is 5.31. The van der Waals surface area contributed by atoms with Crippen LogP contribution in [0.1, 0.15) is 43.5 Å². The van der Waals surface area contributed by atoms with E-state index < -0.39 is 0 Å². The van der Waals surface area contributed by atoms with Crippen LogP contribution < -0.4 is 0 Å². The molecule has 1 aliphatic heterocycles. The average molecular weight is 319 g/mol. The second-order valence-corrected chi connectivity index (χ2v) is 8.10. The Morgan fingerprint density at radius 1 is 0.913 bits per heavy atom. The maximum Gasteiger partial charge on any atom is 0.0831 e. The number of aromatic nitrogens is 1. The molecule has 0 saturated carbocycles. The summed E-state index contributed by atoms with van der Waals surface area (Å²) >= 11 is 1.95. The first kappa shape index (κ1) is 14.6. The van der Waals surface area contributed by atoms with Crippen molar-refractivity contribution in [3.8, 4) is 5.69 Å². The Bertz CT molecular complexity index is 844. The maximum atomic E-state index is 2.34. The van der Waals surface area contributed by atoms with Crippen molar-refractivity contribution in [3.05, 3.63) is 83.7 Å². The molecular weight excluding hydrogens is 298 g/mol. The molecule has 1 unspecified atom stereocenters. The molecule has 4 rings (SSSR count). The number of thioether (sulfide) groups is 1. The van der Waals surface area contributed by atoms with E-state index in [-0.39, 0.29) is 4.75 Å². The van der Waals surface area contributed by atoms with E-state index in [1.807, 2.05) is 11.8 Å². The van der Waals surface area contributed by atoms with Gasteiger partial charge in [0.2, 0.25) is 0 Å². The summed E-state index contributed by atoms with van der Waals surface area (Å²) in [4.78, 5) is 1.34. The van der Waals surface area contributed by atoms with Crippen LogP contribution in [0.5, 0.6) is 0 Å². The third-order valence-corrected chi connectivity index (χ3v) is 6.22. The first-order valence-corrected chi connectivity index (χ1v) is 8.98. The Balaban J connectivity index is 1.86. The van der Waals surface area contributed by atoms with Crippen molar-refractivity contribution in [3.63, 3.8) is 0 Å². The Morgan fingerprint density at radius 3 is 2.39 bits per heavy atom. The number of fused-ring (bicyclic) bond motifs is 3. The molecule has 0 amide bonds. The van der Waals surface area contributed by atoms with Gasteiger partial charge >= 0.3 is 0 Å². The van der Waals surface area contributed by atoms with Crippen LogP contribution >= 0.6 is 11.8 Å². The molecular formula is C21H21NS. The van der Waals surface area contributed by atoms with Crippen LogP contribution in [-0.2, 0) is 4.75 Å². The van der Waals surface area contributed by atoms with Crippen molar-refractivity contribution >= 4 is 11.8 Å². The minimum Gasteiger partial charge on any atom is -0.318 e. The summed E-state index contributed by atoms with van der Waals surface area (Å²) in [5.41, 5.74) is 5.39. The molecule has 1 aromatic heterocycles. The van der Waals surface area contributed by atoms with Crippen LogP contribution in [0.25, 0.3) is 5.69 Å². The minimum absolute atomic E-state index is 0.0621. The van der Waals surface area contributed by atoms with Crippen LogP contribution in [0.15, 0.2) is 71.8 Å². The van der Waals surface area contributed by atoms with Gasteiger partial charge in [-0.05, 0) is 48.2 Å². The average Bonchev–Trinajstić information content (AvgIpc) is 3.06. The van der Waals surface area contributed by atoms with Gasteiger partial charge in [-0.3, -0.25) is 0 Å². The van der Waals surface area contributed by atoms with E-state index in [0.29, 0.717) is 5.92 Å². The fourth-order valence-electron chi connectivity index (χ4n) is 3.39. The van der Waals surface area contributed by atoms with E-state index in [0.717, 1.165) is 0 Å². The molecule has 3 aromatic rings. The van der Waals surface area contributed by atoms with Crippen LogP contribution in [0.3, 0.4) is 0 Å². The Morgan fingerprint density at radius 2 is 1.65 bits per heavy atom. The van der Waals surface area contributed by atoms with Crippen LogP contribution in [0, 0.1) is 0 Å². The molecule has 2 aromatic carbocycles. The lowest BCUT2D eigenvalue weighted by atomic mass is 9.93. The standard InChI is InChI=1S/C21H21NS/c1-15(2)16-10-12-17(13-11-16)21(3)20-9-6-14-22(20)18-7-4-5-8-19(18)23-21/h4-15H,1-3H3. The van der Waals surface area contributed by atoms with E-state index in [4.69, 9.17) is 0 Å². The normalized spacial score (nSPS) is 19.5. The van der Waals surface area contributed by atoms with Gasteiger partial charge in [-0.1, -0.05) is 50.2 Å². The summed E-state index contributed by atoms with van der Waals surface area (Å²) in [6.45, 7) is 6.82. The molecule has 0 spiro atoms. The molecule has 1 atom stereocenters. The van der Waals surface area contributed by atoms with Gasteiger partial charge < -0.3 is 4.57 Å². The third-order valence-electron chi connectivity index (χ3n) is 4.80. The SMILES string of the molecule is CC(C)c1ccc(C2(C)Sc3ccccc3-n3cccc32)cc1. The summed E-state index contributed by atoms with van der Waals surface area (Å²) in [7, 11) is 0. The largest absolute Gasteiger partial charge is 0.318 e. The molecule has 0 saturated heterocycles. The number of rotatable bonds is 2. The molecule has 23 heavy (non-hydrogen) atoms. The lowest BCUT2D eigenvalue weighted by Crippen LogP contribution is -2.26. The zero-order chi connectivity index (χ0) is 16.0. The van der Waals surface area contributed by atoms with E-state index in [1.54, 1.807) is 0 Å². The zero-order valence-corrected chi connectivity index (χ0v) is 14.6. The van der Waals surface area contributed by atoms with Crippen molar-refractivity contribution in [1.29, 1.82) is 0 Å². The highest BCUT2D eigenvalue weighted by molar-refractivity contribution is 8.00. The fraction of sp³-hybridized carbons (Fsp3) is 0.238. The summed E-state index contributed by atoms with van der Waals surface area (Å²) in [6.07, 6.45) is 2.18. The van der Waals surface area contributed by atoms with Gasteiger partial charge in [-0.2, -0.15) is 0 Å². The summed E-state index contributed by atoms with van der Waals surface area (Å²) in [5, 5.41) is 0. The van der Waals surface area contributed by atoms with E-state index in [2.05, 4.69) is 92.2 Å². The fourth-order valence-corrected chi connectivity index (χ4v) is 4.77. The Kier molecular flexibility index (Phi) is 3.38. The molecule has 116 valence electrons. The minimum atomic E-state index is -0.0621. The molecule has 0 N–H and O–H groups in total. The first-order chi connectivity index (χ1) is 11.1. The number of benzene rings is 2. The topological polar surface area (TPSA) is 4.93 Å². The molecule has 0 fully saturated rings.